The summed E-state index contributed by atoms with van der Waals surface area (Å²) in [6.07, 6.45) is 2.13. The van der Waals surface area contributed by atoms with Crippen molar-refractivity contribution in [3.8, 4) is 5.75 Å². The fourth-order valence-corrected chi connectivity index (χ4v) is 3.00. The molecule has 0 spiro atoms. The predicted octanol–water partition coefficient (Wildman–Crippen LogP) is 4.46. The second-order valence-electron chi connectivity index (χ2n) is 4.46. The Kier molecular flexibility index (Phi) is 5.52. The Morgan fingerprint density at radius 2 is 1.90 bits per heavy atom. The summed E-state index contributed by atoms with van der Waals surface area (Å²) in [5, 5.41) is 10.3. The molecule has 1 N–H and O–H groups in total. The lowest BCUT2D eigenvalue weighted by atomic mass is 10.0. The maximum absolute atomic E-state index is 10.3. The second-order valence-corrected chi connectivity index (χ2v) is 6.20. The third-order valence-corrected chi connectivity index (χ3v) is 4.51. The number of rotatable bonds is 5. The van der Waals surface area contributed by atoms with Gasteiger partial charge in [-0.05, 0) is 57.6 Å². The highest BCUT2D eigenvalue weighted by molar-refractivity contribution is 9.10. The van der Waals surface area contributed by atoms with Crippen LogP contribution in [0.3, 0.4) is 0 Å². The van der Waals surface area contributed by atoms with Gasteiger partial charge in [0.2, 0.25) is 0 Å². The highest BCUT2D eigenvalue weighted by atomic mass is 79.9. The van der Waals surface area contributed by atoms with E-state index in [2.05, 4.69) is 15.9 Å². The van der Waals surface area contributed by atoms with Crippen LogP contribution in [0.1, 0.15) is 17.2 Å². The fraction of sp³-hybridized carbons (Fsp3) is 0.250. The van der Waals surface area contributed by atoms with E-state index >= 15 is 0 Å². The van der Waals surface area contributed by atoms with Gasteiger partial charge >= 0.3 is 0 Å². The number of halogens is 1. The molecule has 2 aromatic rings. The summed E-state index contributed by atoms with van der Waals surface area (Å²) in [7, 11) is 1.64. The van der Waals surface area contributed by atoms with Crippen LogP contribution in [0.4, 0.5) is 0 Å². The monoisotopic (exact) mass is 352 g/mol. The molecular formula is C16H17BrO2S. The van der Waals surface area contributed by atoms with E-state index < -0.39 is 6.10 Å². The minimum Gasteiger partial charge on any atom is -0.496 e. The largest absolute Gasteiger partial charge is 0.496 e. The lowest BCUT2D eigenvalue weighted by Gasteiger charge is -2.13. The summed E-state index contributed by atoms with van der Waals surface area (Å²) in [5.74, 6) is 0.799. The maximum Gasteiger partial charge on any atom is 0.133 e. The third-order valence-electron chi connectivity index (χ3n) is 3.15. The first-order chi connectivity index (χ1) is 9.63. The molecule has 0 aliphatic rings. The van der Waals surface area contributed by atoms with E-state index in [1.165, 1.54) is 4.90 Å². The number of aliphatic hydroxyl groups excluding tert-OH is 1. The van der Waals surface area contributed by atoms with Crippen LogP contribution in [-0.2, 0) is 6.42 Å². The van der Waals surface area contributed by atoms with Gasteiger partial charge < -0.3 is 9.84 Å². The average Bonchev–Trinajstić information content (AvgIpc) is 2.47. The van der Waals surface area contributed by atoms with Crippen molar-refractivity contribution in [2.24, 2.45) is 0 Å². The highest BCUT2D eigenvalue weighted by Crippen LogP contribution is 2.28. The van der Waals surface area contributed by atoms with E-state index in [9.17, 15) is 5.11 Å². The van der Waals surface area contributed by atoms with Gasteiger partial charge in [-0.15, -0.1) is 11.8 Å². The Hall–Kier alpha value is -0.970. The van der Waals surface area contributed by atoms with E-state index in [4.69, 9.17) is 4.74 Å². The third kappa shape index (κ3) is 3.78. The molecule has 0 bridgehead atoms. The van der Waals surface area contributed by atoms with Gasteiger partial charge in [-0.1, -0.05) is 18.2 Å². The van der Waals surface area contributed by atoms with E-state index in [-0.39, 0.29) is 0 Å². The maximum atomic E-state index is 10.3. The first kappa shape index (κ1) is 15.4. The van der Waals surface area contributed by atoms with Gasteiger partial charge in [-0.3, -0.25) is 0 Å². The van der Waals surface area contributed by atoms with Gasteiger partial charge in [0, 0.05) is 11.3 Å². The normalized spacial score (nSPS) is 12.2. The smallest absolute Gasteiger partial charge is 0.133 e. The van der Waals surface area contributed by atoms with E-state index in [0.29, 0.717) is 6.42 Å². The Balaban J connectivity index is 2.10. The summed E-state index contributed by atoms with van der Waals surface area (Å²) in [6.45, 7) is 0. The van der Waals surface area contributed by atoms with Gasteiger partial charge in [0.1, 0.15) is 5.75 Å². The minimum atomic E-state index is -0.494. The molecule has 0 saturated carbocycles. The van der Waals surface area contributed by atoms with Gasteiger partial charge in [0.15, 0.2) is 0 Å². The molecule has 0 fully saturated rings. The molecule has 1 atom stereocenters. The van der Waals surface area contributed by atoms with Crippen LogP contribution in [-0.4, -0.2) is 18.5 Å². The molecule has 20 heavy (non-hydrogen) atoms. The van der Waals surface area contributed by atoms with Crippen molar-refractivity contribution in [1.82, 2.24) is 0 Å². The number of benzene rings is 2. The fourth-order valence-electron chi connectivity index (χ4n) is 2.00. The van der Waals surface area contributed by atoms with Crippen LogP contribution >= 0.6 is 27.7 Å². The Labute approximate surface area is 132 Å². The molecular weight excluding hydrogens is 336 g/mol. The molecule has 0 radical (unpaired) electrons. The van der Waals surface area contributed by atoms with Crippen molar-refractivity contribution in [1.29, 1.82) is 0 Å². The van der Waals surface area contributed by atoms with Crippen LogP contribution in [0, 0.1) is 0 Å². The summed E-state index contributed by atoms with van der Waals surface area (Å²) in [4.78, 5) is 1.20. The van der Waals surface area contributed by atoms with Crippen LogP contribution < -0.4 is 4.74 Å². The zero-order valence-electron chi connectivity index (χ0n) is 11.5. The summed E-state index contributed by atoms with van der Waals surface area (Å²) >= 11 is 5.16. The molecule has 2 nitrogen and oxygen atoms in total. The van der Waals surface area contributed by atoms with Crippen molar-refractivity contribution < 1.29 is 9.84 Å². The predicted molar refractivity (Wildman–Crippen MR) is 87.6 cm³/mol. The van der Waals surface area contributed by atoms with E-state index in [1.807, 2.05) is 48.7 Å². The van der Waals surface area contributed by atoms with Gasteiger partial charge in [0.25, 0.3) is 0 Å². The van der Waals surface area contributed by atoms with E-state index in [0.717, 1.165) is 21.3 Å². The van der Waals surface area contributed by atoms with Crippen molar-refractivity contribution in [2.75, 3.05) is 13.4 Å². The molecule has 0 aliphatic heterocycles. The summed E-state index contributed by atoms with van der Waals surface area (Å²) < 4.78 is 6.11. The number of hydrogen-bond donors (Lipinski definition) is 1. The number of methoxy groups -OCH3 is 1. The van der Waals surface area contributed by atoms with Crippen molar-refractivity contribution in [3.63, 3.8) is 0 Å². The Morgan fingerprint density at radius 3 is 2.45 bits per heavy atom. The first-order valence-electron chi connectivity index (χ1n) is 6.28. The molecule has 0 amide bonds. The summed E-state index contributed by atoms with van der Waals surface area (Å²) in [5.41, 5.74) is 2.01. The number of thioether (sulfide) groups is 1. The Bertz CT molecular complexity index is 569. The molecule has 0 aromatic heterocycles. The van der Waals surface area contributed by atoms with Gasteiger partial charge in [-0.25, -0.2) is 0 Å². The quantitative estimate of drug-likeness (QED) is 0.805. The molecule has 106 valence electrons. The van der Waals surface area contributed by atoms with Crippen LogP contribution in [0.25, 0.3) is 0 Å². The van der Waals surface area contributed by atoms with Crippen molar-refractivity contribution in [2.45, 2.75) is 17.4 Å². The number of hydrogen-bond acceptors (Lipinski definition) is 3. The minimum absolute atomic E-state index is 0.494. The molecule has 4 heteroatoms. The van der Waals surface area contributed by atoms with Crippen LogP contribution in [0.15, 0.2) is 51.8 Å². The van der Waals surface area contributed by atoms with Crippen LogP contribution in [0.2, 0.25) is 0 Å². The molecule has 0 saturated heterocycles. The topological polar surface area (TPSA) is 29.5 Å². The SMILES string of the molecule is COc1ccc(CC(O)c2ccc(SC)cc2)cc1Br. The van der Waals surface area contributed by atoms with Crippen molar-refractivity contribution >= 4 is 27.7 Å². The standard InChI is InChI=1S/C16H17BrO2S/c1-19-16-8-3-11(9-14(16)17)10-15(18)12-4-6-13(20-2)7-5-12/h3-9,15,18H,10H2,1-2H3. The molecule has 2 rings (SSSR count). The molecule has 0 heterocycles. The van der Waals surface area contributed by atoms with Crippen molar-refractivity contribution in [3.05, 3.63) is 58.1 Å². The second kappa shape index (κ2) is 7.16. The lowest BCUT2D eigenvalue weighted by molar-refractivity contribution is 0.178. The number of aliphatic hydroxyl groups is 1. The van der Waals surface area contributed by atoms with Gasteiger partial charge in [-0.2, -0.15) is 0 Å². The highest BCUT2D eigenvalue weighted by Gasteiger charge is 2.10. The molecule has 2 aromatic carbocycles. The molecule has 0 aliphatic carbocycles. The van der Waals surface area contributed by atoms with E-state index in [1.54, 1.807) is 18.9 Å². The van der Waals surface area contributed by atoms with Crippen LogP contribution in [0.5, 0.6) is 5.75 Å². The first-order valence-corrected chi connectivity index (χ1v) is 8.30. The lowest BCUT2D eigenvalue weighted by Crippen LogP contribution is -2.02. The average molecular weight is 353 g/mol. The van der Waals surface area contributed by atoms with Gasteiger partial charge in [0.05, 0.1) is 17.7 Å². The molecule has 1 unspecified atom stereocenters. The zero-order chi connectivity index (χ0) is 14.5. The number of ether oxygens (including phenoxy) is 1. The zero-order valence-corrected chi connectivity index (χ0v) is 13.9. The summed E-state index contributed by atoms with van der Waals surface area (Å²) in [6, 6.07) is 13.9. The Morgan fingerprint density at radius 1 is 1.20 bits per heavy atom.